The van der Waals surface area contributed by atoms with Crippen LogP contribution in [0.25, 0.3) is 5.69 Å². The molecule has 1 aromatic heterocycles. The molecule has 0 unspecified atom stereocenters. The van der Waals surface area contributed by atoms with Crippen molar-refractivity contribution < 1.29 is 32.6 Å². The van der Waals surface area contributed by atoms with Gasteiger partial charge >= 0.3 is 5.97 Å². The molecule has 1 saturated heterocycles. The molecule has 2 heterocycles. The summed E-state index contributed by atoms with van der Waals surface area (Å²) in [6.07, 6.45) is 0. The van der Waals surface area contributed by atoms with Gasteiger partial charge in [0.1, 0.15) is 10.6 Å². The molecule has 1 fully saturated rings. The van der Waals surface area contributed by atoms with Crippen LogP contribution in [0.3, 0.4) is 0 Å². The fourth-order valence-electron chi connectivity index (χ4n) is 4.86. The van der Waals surface area contributed by atoms with E-state index in [0.29, 0.717) is 11.3 Å². The van der Waals surface area contributed by atoms with Crippen molar-refractivity contribution in [3.8, 4) is 17.3 Å². The van der Waals surface area contributed by atoms with Crippen LogP contribution in [0.4, 0.5) is 5.69 Å². The summed E-state index contributed by atoms with van der Waals surface area (Å²) in [6, 6.07) is 16.9. The quantitative estimate of drug-likeness (QED) is 0.290. The first-order valence-corrected chi connectivity index (χ1v) is 15.1. The highest BCUT2D eigenvalue weighted by Crippen LogP contribution is 2.37. The molecule has 5 rings (SSSR count). The highest BCUT2D eigenvalue weighted by molar-refractivity contribution is 7.89. The van der Waals surface area contributed by atoms with Crippen LogP contribution in [0.2, 0.25) is 0 Å². The Hall–Kier alpha value is -4.52. The minimum Gasteiger partial charge on any atom is -0.476 e. The van der Waals surface area contributed by atoms with E-state index >= 15 is 0 Å². The Morgan fingerprint density at radius 3 is 2.33 bits per heavy atom. The third kappa shape index (κ3) is 5.89. The minimum atomic E-state index is -4.13. The zero-order valence-electron chi connectivity index (χ0n) is 24.2. The number of aromatic carboxylic acids is 1. The number of anilines is 1. The van der Waals surface area contributed by atoms with E-state index < -0.39 is 21.9 Å². The van der Waals surface area contributed by atoms with Crippen molar-refractivity contribution in [1.82, 2.24) is 14.1 Å². The first-order valence-electron chi connectivity index (χ1n) is 13.7. The van der Waals surface area contributed by atoms with E-state index in [2.05, 4.69) is 10.4 Å². The Morgan fingerprint density at radius 2 is 1.63 bits per heavy atom. The van der Waals surface area contributed by atoms with Crippen molar-refractivity contribution in [2.45, 2.75) is 32.6 Å². The van der Waals surface area contributed by atoms with Crippen molar-refractivity contribution in [3.05, 3.63) is 94.2 Å². The number of aryl methyl sites for hydroxylation is 2. The van der Waals surface area contributed by atoms with Gasteiger partial charge in [-0.05, 0) is 74.7 Å². The number of morpholine rings is 1. The van der Waals surface area contributed by atoms with Crippen LogP contribution in [0.15, 0.2) is 65.6 Å². The molecule has 0 bridgehead atoms. The van der Waals surface area contributed by atoms with Gasteiger partial charge in [0.25, 0.3) is 5.91 Å². The van der Waals surface area contributed by atoms with E-state index in [1.54, 1.807) is 25.1 Å². The molecule has 3 aromatic carbocycles. The van der Waals surface area contributed by atoms with Crippen LogP contribution in [-0.4, -0.2) is 65.8 Å². The molecule has 1 amide bonds. The number of nitrogens with one attached hydrogen (secondary N) is 1. The maximum Gasteiger partial charge on any atom is 0.356 e. The molecular formula is C31H32N4O7S. The summed E-state index contributed by atoms with van der Waals surface area (Å²) in [5, 5.41) is 16.9. The Balaban J connectivity index is 1.63. The number of hydrogen-bond acceptors (Lipinski definition) is 7. The van der Waals surface area contributed by atoms with Crippen LogP contribution in [-0.2, 0) is 14.8 Å². The topological polar surface area (TPSA) is 140 Å². The standard InChI is InChI=1S/C31H32N4O7S/c1-19-9-7-11-25(21(19)3)35-30(22(4)28(33-35)31(37)38)42-26-13-12-23(32-29(36)24-10-6-5-8-20(24)2)18-27(26)43(39,40)34-14-16-41-17-15-34/h5-13,18H,14-17H2,1-4H3,(H,32,36)(H,37,38). The molecule has 0 radical (unpaired) electrons. The number of nitrogens with zero attached hydrogens (tertiary/aromatic N) is 3. The smallest absolute Gasteiger partial charge is 0.356 e. The second-order valence-corrected chi connectivity index (χ2v) is 12.2. The number of benzene rings is 3. The third-order valence-electron chi connectivity index (χ3n) is 7.46. The largest absolute Gasteiger partial charge is 0.476 e. The predicted octanol–water partition coefficient (Wildman–Crippen LogP) is 4.87. The maximum atomic E-state index is 14.0. The molecule has 0 spiro atoms. The molecule has 0 saturated carbocycles. The SMILES string of the molecule is Cc1ccccc1C(=O)Nc1ccc(Oc2c(C)c(C(=O)O)nn2-c2cccc(C)c2C)c(S(=O)(=O)N2CCOCC2)c1. The molecular weight excluding hydrogens is 572 g/mol. The molecule has 1 aliphatic heterocycles. The number of hydrogen-bond donors (Lipinski definition) is 2. The molecule has 4 aromatic rings. The van der Waals surface area contributed by atoms with Gasteiger partial charge in [0.15, 0.2) is 5.69 Å². The minimum absolute atomic E-state index is 0.0492. The van der Waals surface area contributed by atoms with Gasteiger partial charge in [0, 0.05) is 29.9 Å². The number of sulfonamides is 1. The number of carbonyl (C=O) groups excluding carboxylic acids is 1. The molecule has 43 heavy (non-hydrogen) atoms. The number of carboxylic acids is 1. The van der Waals surface area contributed by atoms with Crippen molar-refractivity contribution in [2.75, 3.05) is 31.6 Å². The van der Waals surface area contributed by atoms with Crippen molar-refractivity contribution in [2.24, 2.45) is 0 Å². The third-order valence-corrected chi connectivity index (χ3v) is 9.38. The zero-order valence-corrected chi connectivity index (χ0v) is 25.1. The molecule has 224 valence electrons. The van der Waals surface area contributed by atoms with Gasteiger partial charge in [-0.1, -0.05) is 30.3 Å². The highest BCUT2D eigenvalue weighted by atomic mass is 32.2. The Labute approximate surface area is 249 Å². The van der Waals surface area contributed by atoms with Gasteiger partial charge in [-0.2, -0.15) is 14.1 Å². The zero-order chi connectivity index (χ0) is 30.9. The number of aromatic nitrogens is 2. The lowest BCUT2D eigenvalue weighted by molar-refractivity contribution is 0.0689. The van der Waals surface area contributed by atoms with Crippen LogP contribution in [0.5, 0.6) is 11.6 Å². The molecule has 12 heteroatoms. The van der Waals surface area contributed by atoms with E-state index in [1.165, 1.54) is 27.2 Å². The van der Waals surface area contributed by atoms with Gasteiger partial charge in [-0.3, -0.25) is 4.79 Å². The summed E-state index contributed by atoms with van der Waals surface area (Å²) >= 11 is 0. The number of carboxylic acid groups (broad SMARTS) is 1. The fraction of sp³-hybridized carbons (Fsp3) is 0.258. The number of carbonyl (C=O) groups is 2. The summed E-state index contributed by atoms with van der Waals surface area (Å²) in [5.74, 6) is -1.63. The lowest BCUT2D eigenvalue weighted by atomic mass is 10.1. The second kappa shape index (κ2) is 12.0. The Kier molecular flexibility index (Phi) is 8.36. The summed E-state index contributed by atoms with van der Waals surface area (Å²) in [6.45, 7) is 7.93. The number of rotatable bonds is 8. The molecule has 0 aliphatic carbocycles. The predicted molar refractivity (Wildman–Crippen MR) is 160 cm³/mol. The average Bonchev–Trinajstić information content (AvgIpc) is 3.31. The normalized spacial score (nSPS) is 14.0. The van der Waals surface area contributed by atoms with Crippen LogP contribution in [0.1, 0.15) is 43.1 Å². The fourth-order valence-corrected chi connectivity index (χ4v) is 6.41. The lowest BCUT2D eigenvalue weighted by Crippen LogP contribution is -2.40. The first-order chi connectivity index (χ1) is 20.5. The van der Waals surface area contributed by atoms with Gasteiger partial charge < -0.3 is 19.9 Å². The van der Waals surface area contributed by atoms with Crippen molar-refractivity contribution in [1.29, 1.82) is 0 Å². The van der Waals surface area contributed by atoms with E-state index in [9.17, 15) is 23.1 Å². The van der Waals surface area contributed by atoms with E-state index in [0.717, 1.165) is 16.7 Å². The second-order valence-electron chi connectivity index (χ2n) is 10.3. The summed E-state index contributed by atoms with van der Waals surface area (Å²) in [5.41, 5.74) is 3.86. The van der Waals surface area contributed by atoms with Gasteiger partial charge in [-0.15, -0.1) is 0 Å². The maximum absolute atomic E-state index is 14.0. The van der Waals surface area contributed by atoms with Crippen molar-refractivity contribution >= 4 is 27.6 Å². The molecule has 1 aliphatic rings. The summed E-state index contributed by atoms with van der Waals surface area (Å²) in [7, 11) is -4.13. The van der Waals surface area contributed by atoms with Gasteiger partial charge in [-0.25, -0.2) is 13.2 Å². The highest BCUT2D eigenvalue weighted by Gasteiger charge is 2.32. The van der Waals surface area contributed by atoms with Gasteiger partial charge in [0.2, 0.25) is 15.9 Å². The van der Waals surface area contributed by atoms with Crippen LogP contribution < -0.4 is 10.1 Å². The van der Waals surface area contributed by atoms with E-state index in [4.69, 9.17) is 9.47 Å². The van der Waals surface area contributed by atoms with E-state index in [-0.39, 0.29) is 59.8 Å². The summed E-state index contributed by atoms with van der Waals surface area (Å²) in [4.78, 5) is 24.9. The Bertz CT molecular complexity index is 1830. The van der Waals surface area contributed by atoms with Crippen molar-refractivity contribution in [3.63, 3.8) is 0 Å². The lowest BCUT2D eigenvalue weighted by Gasteiger charge is -2.27. The number of ether oxygens (including phenoxy) is 2. The average molecular weight is 605 g/mol. The van der Waals surface area contributed by atoms with Gasteiger partial charge in [0.05, 0.1) is 18.9 Å². The van der Waals surface area contributed by atoms with Crippen LogP contribution in [0, 0.1) is 27.7 Å². The van der Waals surface area contributed by atoms with E-state index in [1.807, 2.05) is 45.0 Å². The summed E-state index contributed by atoms with van der Waals surface area (Å²) < 4.78 is 42.3. The first kappa shape index (κ1) is 30.0. The molecule has 11 nitrogen and oxygen atoms in total. The molecule has 2 N–H and O–H groups in total. The molecule has 0 atom stereocenters. The monoisotopic (exact) mass is 604 g/mol. The number of amides is 1. The van der Waals surface area contributed by atoms with Crippen LogP contribution >= 0.6 is 0 Å². The Morgan fingerprint density at radius 1 is 0.930 bits per heavy atom.